The molecule has 16 heavy (non-hydrogen) atoms. The second-order valence-electron chi connectivity index (χ2n) is 4.59. The minimum Gasteiger partial charge on any atom is -0.388 e. The minimum atomic E-state index is -0.559. The van der Waals surface area contributed by atoms with Gasteiger partial charge in [0.05, 0.1) is 16.9 Å². The van der Waals surface area contributed by atoms with Gasteiger partial charge in [-0.2, -0.15) is 5.26 Å². The molecule has 1 saturated carbocycles. The Labute approximate surface area is 95.7 Å². The summed E-state index contributed by atoms with van der Waals surface area (Å²) in [7, 11) is 0. The third kappa shape index (κ3) is 2.17. The molecule has 0 spiro atoms. The highest BCUT2D eigenvalue weighted by atomic mass is 16.3. The highest BCUT2D eigenvalue weighted by molar-refractivity contribution is 5.59. The summed E-state index contributed by atoms with van der Waals surface area (Å²) < 4.78 is 0. The first-order valence-corrected chi connectivity index (χ1v) is 5.60. The van der Waals surface area contributed by atoms with Gasteiger partial charge >= 0.3 is 0 Å². The lowest BCUT2D eigenvalue weighted by atomic mass is 9.80. The fourth-order valence-electron chi connectivity index (χ4n) is 1.92. The highest BCUT2D eigenvalue weighted by Gasteiger charge is 2.34. The molecule has 3 heteroatoms. The molecule has 1 aromatic carbocycles. The maximum atomic E-state index is 9.96. The van der Waals surface area contributed by atoms with Gasteiger partial charge < -0.3 is 10.4 Å². The molecule has 0 aliphatic heterocycles. The van der Waals surface area contributed by atoms with Crippen LogP contribution in [-0.2, 0) is 0 Å². The van der Waals surface area contributed by atoms with E-state index >= 15 is 0 Å². The van der Waals surface area contributed by atoms with Crippen molar-refractivity contribution in [1.82, 2.24) is 0 Å². The van der Waals surface area contributed by atoms with Gasteiger partial charge in [0.1, 0.15) is 6.07 Å². The number of rotatable bonds is 3. The van der Waals surface area contributed by atoms with E-state index in [0.29, 0.717) is 12.1 Å². The fourth-order valence-corrected chi connectivity index (χ4v) is 1.92. The van der Waals surface area contributed by atoms with E-state index in [2.05, 4.69) is 11.4 Å². The molecule has 0 heterocycles. The number of nitrogens with one attached hydrogen (secondary N) is 1. The quantitative estimate of drug-likeness (QED) is 0.814. The van der Waals surface area contributed by atoms with Crippen molar-refractivity contribution in [3.8, 4) is 6.07 Å². The monoisotopic (exact) mass is 216 g/mol. The van der Waals surface area contributed by atoms with Crippen LogP contribution in [-0.4, -0.2) is 17.3 Å². The molecule has 0 bridgehead atoms. The van der Waals surface area contributed by atoms with Crippen LogP contribution < -0.4 is 5.32 Å². The van der Waals surface area contributed by atoms with Crippen LogP contribution in [0.4, 0.5) is 5.69 Å². The zero-order valence-electron chi connectivity index (χ0n) is 9.45. The maximum Gasteiger partial charge on any atom is 0.101 e. The molecule has 0 amide bonds. The van der Waals surface area contributed by atoms with Crippen molar-refractivity contribution >= 4 is 5.69 Å². The van der Waals surface area contributed by atoms with E-state index in [9.17, 15) is 5.11 Å². The first-order chi connectivity index (χ1) is 7.63. The van der Waals surface area contributed by atoms with Crippen LogP contribution in [0.15, 0.2) is 18.2 Å². The van der Waals surface area contributed by atoms with Gasteiger partial charge in [-0.3, -0.25) is 0 Å². The van der Waals surface area contributed by atoms with Gasteiger partial charge in [0.15, 0.2) is 0 Å². The fraction of sp³-hybridized carbons (Fsp3) is 0.462. The molecular weight excluding hydrogens is 200 g/mol. The molecule has 84 valence electrons. The first kappa shape index (κ1) is 11.0. The first-order valence-electron chi connectivity index (χ1n) is 5.60. The van der Waals surface area contributed by atoms with Gasteiger partial charge in [-0.25, -0.2) is 0 Å². The molecule has 0 aromatic heterocycles. The summed E-state index contributed by atoms with van der Waals surface area (Å²) >= 11 is 0. The molecule has 0 atom stereocenters. The lowest BCUT2D eigenvalue weighted by molar-refractivity contribution is -0.0202. The van der Waals surface area contributed by atoms with Crippen molar-refractivity contribution in [3.63, 3.8) is 0 Å². The SMILES string of the molecule is Cc1ccc(C#N)c(NCC2(O)CCC2)c1. The molecule has 1 fully saturated rings. The average Bonchev–Trinajstić information content (AvgIpc) is 2.24. The van der Waals surface area contributed by atoms with Crippen molar-refractivity contribution < 1.29 is 5.11 Å². The standard InChI is InChI=1S/C13H16N2O/c1-10-3-4-11(8-14)12(7-10)15-9-13(16)5-2-6-13/h3-4,7,15-16H,2,5-6,9H2,1H3. The van der Waals surface area contributed by atoms with E-state index in [-0.39, 0.29) is 0 Å². The summed E-state index contributed by atoms with van der Waals surface area (Å²) in [6, 6.07) is 7.82. The van der Waals surface area contributed by atoms with Crippen molar-refractivity contribution in [2.75, 3.05) is 11.9 Å². The number of nitrogens with zero attached hydrogens (tertiary/aromatic N) is 1. The molecule has 1 aliphatic carbocycles. The number of hydrogen-bond donors (Lipinski definition) is 2. The number of aliphatic hydroxyl groups is 1. The molecule has 0 saturated heterocycles. The highest BCUT2D eigenvalue weighted by Crippen LogP contribution is 2.32. The van der Waals surface area contributed by atoms with Crippen molar-refractivity contribution in [1.29, 1.82) is 5.26 Å². The minimum absolute atomic E-state index is 0.533. The summed E-state index contributed by atoms with van der Waals surface area (Å²) in [5.74, 6) is 0. The second-order valence-corrected chi connectivity index (χ2v) is 4.59. The number of benzene rings is 1. The van der Waals surface area contributed by atoms with Crippen LogP contribution >= 0.6 is 0 Å². The molecule has 0 unspecified atom stereocenters. The molecule has 2 N–H and O–H groups in total. The number of hydrogen-bond acceptors (Lipinski definition) is 3. The molecule has 0 radical (unpaired) electrons. The summed E-state index contributed by atoms with van der Waals surface area (Å²) in [6.45, 7) is 2.52. The topological polar surface area (TPSA) is 56.0 Å². The third-order valence-electron chi connectivity index (χ3n) is 3.19. The Hall–Kier alpha value is -1.53. The van der Waals surface area contributed by atoms with Gasteiger partial charge in [-0.1, -0.05) is 6.07 Å². The van der Waals surface area contributed by atoms with E-state index in [1.807, 2.05) is 25.1 Å². The molecule has 2 rings (SSSR count). The summed E-state index contributed by atoms with van der Waals surface area (Å²) in [6.07, 6.45) is 2.80. The molecule has 1 aromatic rings. The Morgan fingerprint density at radius 2 is 2.25 bits per heavy atom. The van der Waals surface area contributed by atoms with Crippen molar-refractivity contribution in [2.45, 2.75) is 31.8 Å². The maximum absolute atomic E-state index is 9.96. The molecular formula is C13H16N2O. The molecule has 3 nitrogen and oxygen atoms in total. The van der Waals surface area contributed by atoms with E-state index in [1.165, 1.54) is 0 Å². The van der Waals surface area contributed by atoms with E-state index < -0.39 is 5.60 Å². The number of anilines is 1. The smallest absolute Gasteiger partial charge is 0.101 e. The summed E-state index contributed by atoms with van der Waals surface area (Å²) in [5, 5.41) is 22.1. The van der Waals surface area contributed by atoms with Gasteiger partial charge in [0, 0.05) is 6.54 Å². The van der Waals surface area contributed by atoms with Gasteiger partial charge in [0.2, 0.25) is 0 Å². The van der Waals surface area contributed by atoms with Gasteiger partial charge in [-0.15, -0.1) is 0 Å². The van der Waals surface area contributed by atoms with Gasteiger partial charge in [-0.05, 0) is 43.9 Å². The van der Waals surface area contributed by atoms with Crippen LogP contribution in [0.25, 0.3) is 0 Å². The second kappa shape index (κ2) is 4.15. The van der Waals surface area contributed by atoms with Crippen molar-refractivity contribution in [3.05, 3.63) is 29.3 Å². The summed E-state index contributed by atoms with van der Waals surface area (Å²) in [5.41, 5.74) is 2.01. The Bertz CT molecular complexity index is 430. The zero-order chi connectivity index (χ0) is 11.6. The third-order valence-corrected chi connectivity index (χ3v) is 3.19. The Balaban J connectivity index is 2.08. The Kier molecular flexibility index (Phi) is 2.84. The normalized spacial score (nSPS) is 17.3. The predicted molar refractivity (Wildman–Crippen MR) is 63.2 cm³/mol. The lowest BCUT2D eigenvalue weighted by Gasteiger charge is -2.37. The largest absolute Gasteiger partial charge is 0.388 e. The zero-order valence-corrected chi connectivity index (χ0v) is 9.45. The Morgan fingerprint density at radius 1 is 1.50 bits per heavy atom. The van der Waals surface area contributed by atoms with Crippen molar-refractivity contribution in [2.24, 2.45) is 0 Å². The van der Waals surface area contributed by atoms with Crippen LogP contribution in [0.2, 0.25) is 0 Å². The van der Waals surface area contributed by atoms with E-state index in [0.717, 1.165) is 30.5 Å². The summed E-state index contributed by atoms with van der Waals surface area (Å²) in [4.78, 5) is 0. The predicted octanol–water partition coefficient (Wildman–Crippen LogP) is 2.19. The van der Waals surface area contributed by atoms with Crippen LogP contribution in [0.3, 0.4) is 0 Å². The number of aryl methyl sites for hydroxylation is 1. The average molecular weight is 216 g/mol. The van der Waals surface area contributed by atoms with Crippen LogP contribution in [0.1, 0.15) is 30.4 Å². The van der Waals surface area contributed by atoms with Crippen LogP contribution in [0, 0.1) is 18.3 Å². The number of nitriles is 1. The lowest BCUT2D eigenvalue weighted by Crippen LogP contribution is -2.43. The molecule has 1 aliphatic rings. The van der Waals surface area contributed by atoms with Gasteiger partial charge in [0.25, 0.3) is 0 Å². The Morgan fingerprint density at radius 3 is 2.81 bits per heavy atom. The van der Waals surface area contributed by atoms with E-state index in [4.69, 9.17) is 5.26 Å². The van der Waals surface area contributed by atoms with Crippen LogP contribution in [0.5, 0.6) is 0 Å². The van der Waals surface area contributed by atoms with E-state index in [1.54, 1.807) is 0 Å².